The molecule has 2 amide bonds. The van der Waals surface area contributed by atoms with E-state index in [9.17, 15) is 19.5 Å². The summed E-state index contributed by atoms with van der Waals surface area (Å²) < 4.78 is 7.59. The molecule has 5 heterocycles. The first kappa shape index (κ1) is 25.2. The van der Waals surface area contributed by atoms with Crippen molar-refractivity contribution in [1.29, 1.82) is 0 Å². The molecule has 2 aromatic heterocycles. The summed E-state index contributed by atoms with van der Waals surface area (Å²) in [5.74, 6) is -1.98. The normalized spacial score (nSPS) is 21.6. The van der Waals surface area contributed by atoms with Gasteiger partial charge in [-0.25, -0.2) is 14.4 Å². The van der Waals surface area contributed by atoms with Crippen molar-refractivity contribution in [2.75, 3.05) is 18.6 Å². The zero-order valence-electron chi connectivity index (χ0n) is 19.4. The molecule has 2 aromatic rings. The minimum Gasteiger partial charge on any atom is -0.477 e. The quantitative estimate of drug-likeness (QED) is 0.0681. The number of rotatable bonds is 6. The van der Waals surface area contributed by atoms with Gasteiger partial charge in [-0.2, -0.15) is 9.82 Å². The maximum atomic E-state index is 13.0. The van der Waals surface area contributed by atoms with Crippen LogP contribution in [0.25, 0.3) is 11.1 Å². The van der Waals surface area contributed by atoms with Gasteiger partial charge in [-0.05, 0) is 17.5 Å². The minimum absolute atomic E-state index is 0.0895. The lowest BCUT2D eigenvalue weighted by molar-refractivity contribution is -0.670. The molecule has 3 aliphatic rings. The summed E-state index contributed by atoms with van der Waals surface area (Å²) >= 11 is 3.69. The number of aliphatic carboxylic acids is 1. The van der Waals surface area contributed by atoms with E-state index in [4.69, 9.17) is 15.0 Å². The number of oxazole rings is 1. The molecule has 37 heavy (non-hydrogen) atoms. The lowest BCUT2D eigenvalue weighted by atomic mass is 10.0. The van der Waals surface area contributed by atoms with Crippen molar-refractivity contribution in [3.8, 4) is 0 Å². The first-order chi connectivity index (χ1) is 17.8. The van der Waals surface area contributed by atoms with Gasteiger partial charge in [-0.15, -0.1) is 11.8 Å². The number of fused-ring (bicyclic) bond motifs is 2. The van der Waals surface area contributed by atoms with Gasteiger partial charge in [0.1, 0.15) is 36.3 Å². The van der Waals surface area contributed by atoms with Gasteiger partial charge in [0.2, 0.25) is 0 Å². The molecular formula is C20H21N8O6S3+. The van der Waals surface area contributed by atoms with E-state index in [0.717, 1.165) is 11.9 Å². The molecule has 3 aliphatic heterocycles. The molecule has 0 spiro atoms. The fraction of sp³-hybridized carbons (Fsp3) is 0.300. The van der Waals surface area contributed by atoms with Crippen molar-refractivity contribution < 1.29 is 33.3 Å². The molecule has 0 aliphatic carbocycles. The van der Waals surface area contributed by atoms with Crippen molar-refractivity contribution in [3.63, 3.8) is 0 Å². The molecule has 2 atom stereocenters. The number of carbonyl (C=O) groups is 3. The molecule has 5 rings (SSSR count). The molecule has 194 valence electrons. The molecule has 0 radical (unpaired) electrons. The number of aromatic nitrogens is 2. The topological polar surface area (TPSA) is 180 Å². The van der Waals surface area contributed by atoms with E-state index in [0.29, 0.717) is 32.7 Å². The number of amides is 2. The average Bonchev–Trinajstić information content (AvgIpc) is 3.48. The Labute approximate surface area is 222 Å². The maximum Gasteiger partial charge on any atom is 0.352 e. The molecule has 1 fully saturated rings. The third kappa shape index (κ3) is 4.81. The number of thioether (sulfide) groups is 2. The van der Waals surface area contributed by atoms with Gasteiger partial charge < -0.3 is 25.4 Å². The number of amidine groups is 1. The van der Waals surface area contributed by atoms with Gasteiger partial charge in [-0.1, -0.05) is 16.9 Å². The molecule has 1 unspecified atom stereocenters. The summed E-state index contributed by atoms with van der Waals surface area (Å²) in [5.41, 5.74) is 7.49. The smallest absolute Gasteiger partial charge is 0.352 e. The molecule has 0 saturated carbocycles. The highest BCUT2D eigenvalue weighted by atomic mass is 32.2. The fourth-order valence-corrected chi connectivity index (χ4v) is 6.66. The highest BCUT2D eigenvalue weighted by Gasteiger charge is 2.54. The second-order valence-electron chi connectivity index (χ2n) is 7.94. The lowest BCUT2D eigenvalue weighted by Crippen LogP contribution is -2.71. The Kier molecular flexibility index (Phi) is 6.93. The van der Waals surface area contributed by atoms with E-state index in [2.05, 4.69) is 20.3 Å². The van der Waals surface area contributed by atoms with Crippen LogP contribution in [-0.2, 0) is 26.3 Å². The Hall–Kier alpha value is -3.41. The number of hydrazine groups is 1. The average molecular weight is 566 g/mol. The van der Waals surface area contributed by atoms with Crippen molar-refractivity contribution in [2.24, 2.45) is 17.9 Å². The first-order valence-electron chi connectivity index (χ1n) is 10.7. The first-order valence-corrected chi connectivity index (χ1v) is 13.5. The predicted octanol–water partition coefficient (Wildman–Crippen LogP) is -0.331. The van der Waals surface area contributed by atoms with E-state index in [1.165, 1.54) is 46.7 Å². The minimum atomic E-state index is -1.22. The third-order valence-electron chi connectivity index (χ3n) is 5.48. The van der Waals surface area contributed by atoms with Crippen molar-refractivity contribution in [1.82, 2.24) is 25.0 Å². The summed E-state index contributed by atoms with van der Waals surface area (Å²) in [5, 5.41) is 17.7. The van der Waals surface area contributed by atoms with Crippen LogP contribution in [0.3, 0.4) is 0 Å². The SMILES string of the molecule is CO/N=C(/C(=O)NC1C(=O)N2C(C(=O)O)=C(CSc3nc4c[n+](C)ccc4o3)CS[C@@H]12)N1C=C(N)SN1. The number of carboxylic acids is 1. The highest BCUT2D eigenvalue weighted by Crippen LogP contribution is 2.41. The number of carboxylic acid groups (broad SMARTS) is 1. The maximum absolute atomic E-state index is 13.0. The van der Waals surface area contributed by atoms with Crippen LogP contribution in [0.1, 0.15) is 0 Å². The van der Waals surface area contributed by atoms with E-state index in [1.54, 1.807) is 6.07 Å². The summed E-state index contributed by atoms with van der Waals surface area (Å²) in [6.45, 7) is 0. The second-order valence-corrected chi connectivity index (χ2v) is 10.8. The number of β-lactam (4-membered cyclic amide) rings is 1. The number of nitrogens with one attached hydrogen (secondary N) is 2. The summed E-state index contributed by atoms with van der Waals surface area (Å²) in [4.78, 5) is 51.2. The fourth-order valence-electron chi connectivity index (χ4n) is 3.83. The zero-order chi connectivity index (χ0) is 26.3. The van der Waals surface area contributed by atoms with Gasteiger partial charge in [0.05, 0.1) is 6.20 Å². The lowest BCUT2D eigenvalue weighted by Gasteiger charge is -2.49. The third-order valence-corrected chi connectivity index (χ3v) is 8.37. The summed E-state index contributed by atoms with van der Waals surface area (Å²) in [6.07, 6.45) is 5.11. The van der Waals surface area contributed by atoms with Gasteiger partial charge >= 0.3 is 5.97 Å². The molecule has 1 saturated heterocycles. The van der Waals surface area contributed by atoms with Crippen LogP contribution in [0.4, 0.5) is 0 Å². The Bertz CT molecular complexity index is 1390. The largest absolute Gasteiger partial charge is 0.477 e. The van der Waals surface area contributed by atoms with Crippen LogP contribution in [0.15, 0.2) is 55.8 Å². The number of pyridine rings is 1. The van der Waals surface area contributed by atoms with Crippen LogP contribution < -0.4 is 20.4 Å². The molecule has 0 aromatic carbocycles. The number of aryl methyl sites for hydroxylation is 1. The number of hydrogen-bond donors (Lipinski definition) is 4. The number of nitrogens with two attached hydrogens (primary N) is 1. The monoisotopic (exact) mass is 565 g/mol. The van der Waals surface area contributed by atoms with Gasteiger partial charge in [0, 0.05) is 17.6 Å². The van der Waals surface area contributed by atoms with E-state index < -0.39 is 29.2 Å². The highest BCUT2D eigenvalue weighted by molar-refractivity contribution is 8.01. The Balaban J connectivity index is 1.29. The molecule has 14 nitrogen and oxygen atoms in total. The van der Waals surface area contributed by atoms with E-state index in [-0.39, 0.29) is 17.3 Å². The molecule has 0 bridgehead atoms. The van der Waals surface area contributed by atoms with Gasteiger partial charge in [0.15, 0.2) is 23.5 Å². The zero-order valence-corrected chi connectivity index (χ0v) is 21.9. The van der Waals surface area contributed by atoms with Gasteiger partial charge in [0.25, 0.3) is 22.9 Å². The summed E-state index contributed by atoms with van der Waals surface area (Å²) in [7, 11) is 3.15. The van der Waals surface area contributed by atoms with Crippen molar-refractivity contribution >= 4 is 70.2 Å². The van der Waals surface area contributed by atoms with E-state index >= 15 is 0 Å². The van der Waals surface area contributed by atoms with E-state index in [1.807, 2.05) is 24.0 Å². The van der Waals surface area contributed by atoms with Crippen LogP contribution in [0.2, 0.25) is 0 Å². The number of nitrogens with zero attached hydrogens (tertiary/aromatic N) is 5. The van der Waals surface area contributed by atoms with Gasteiger partial charge in [-0.3, -0.25) is 14.5 Å². The Morgan fingerprint density at radius 2 is 2.32 bits per heavy atom. The standard InChI is InChI=1S/C20H20N8O6S3/c1-26-4-3-11-10(5-26)22-20(34-11)36-8-9-7-35-18-13(17(30)28(18)14(9)19(31)32)23-16(29)15(24-33-2)27-6-12(21)37-25-27/h3-6,13,18,25H,7-8,21H2,1-2H3,(H-,23,29,31,32)/p+1/b24-15-/t13?,18-/m0/s1. The van der Waals surface area contributed by atoms with Crippen molar-refractivity contribution in [3.05, 3.63) is 41.0 Å². The second kappa shape index (κ2) is 10.2. The molecule has 17 heteroatoms. The number of hydrogen-bond acceptors (Lipinski definition) is 12. The number of carbonyl (C=O) groups excluding carboxylic acids is 2. The van der Waals surface area contributed by atoms with Crippen LogP contribution in [-0.4, -0.2) is 73.6 Å². The van der Waals surface area contributed by atoms with Crippen LogP contribution >= 0.6 is 35.5 Å². The van der Waals surface area contributed by atoms with Crippen LogP contribution in [0.5, 0.6) is 0 Å². The Morgan fingerprint density at radius 3 is 3.03 bits per heavy atom. The predicted molar refractivity (Wildman–Crippen MR) is 135 cm³/mol. The van der Waals surface area contributed by atoms with Crippen LogP contribution in [0, 0.1) is 0 Å². The van der Waals surface area contributed by atoms with Crippen molar-refractivity contribution in [2.45, 2.75) is 16.6 Å². The molecular weight excluding hydrogens is 544 g/mol. The summed E-state index contributed by atoms with van der Waals surface area (Å²) in [6, 6.07) is 0.868. The Morgan fingerprint density at radius 1 is 1.51 bits per heavy atom. The number of oxime groups is 1. The molecule has 5 N–H and O–H groups in total.